The Bertz CT molecular complexity index is 1490. The largest absolute Gasteiger partial charge is 0.418 e. The lowest BCUT2D eigenvalue weighted by Crippen LogP contribution is -2.50. The van der Waals surface area contributed by atoms with E-state index >= 15 is 0 Å². The standard InChI is InChI=1S/C29H29IN4O7/c1-34-16-20(26(37)32-21(24(35)25(31)36)15-17-7-3-2-4-8-17)23(33-34)18-9-11-19(12-10-18)30-22-27(38)40-29(41-28(22)39)13-5-6-14-29/h2-4,7-12,16,21,24,35H,5-6,13-15H2,1H3,(H2,31,36)(H,32,37). The normalized spacial score (nSPS) is 17.6. The van der Waals surface area contributed by atoms with E-state index in [0.717, 1.165) is 22.0 Å². The van der Waals surface area contributed by atoms with Gasteiger partial charge in [-0.05, 0) is 37.0 Å². The Morgan fingerprint density at radius 3 is 2.32 bits per heavy atom. The molecule has 0 radical (unpaired) electrons. The molecule has 3 aromatic rings. The van der Waals surface area contributed by atoms with Crippen LogP contribution in [-0.2, 0) is 37.3 Å². The van der Waals surface area contributed by atoms with Crippen LogP contribution in [0.2, 0.25) is 0 Å². The minimum absolute atomic E-state index is 0.0458. The zero-order valence-corrected chi connectivity index (χ0v) is 24.4. The van der Waals surface area contributed by atoms with Crippen molar-refractivity contribution in [3.8, 4) is 11.3 Å². The van der Waals surface area contributed by atoms with Gasteiger partial charge in [-0.1, -0.05) is 63.2 Å². The molecule has 1 aromatic heterocycles. The first-order chi connectivity index (χ1) is 19.6. The highest BCUT2D eigenvalue weighted by Gasteiger charge is 2.48. The summed E-state index contributed by atoms with van der Waals surface area (Å²) in [5.74, 6) is -3.79. The van der Waals surface area contributed by atoms with Crippen LogP contribution in [0.3, 0.4) is 0 Å². The van der Waals surface area contributed by atoms with Gasteiger partial charge in [0.25, 0.3) is 11.7 Å². The second-order valence-corrected chi connectivity index (χ2v) is 12.9. The number of aliphatic hydroxyl groups excluding tert-OH is 1. The fourth-order valence-corrected chi connectivity index (χ4v) is 6.93. The topological polar surface area (TPSA) is 163 Å². The average Bonchev–Trinajstić information content (AvgIpc) is 3.57. The number of nitrogens with one attached hydrogen (secondary N) is 1. The van der Waals surface area contributed by atoms with Crippen LogP contribution < -0.4 is 11.1 Å². The van der Waals surface area contributed by atoms with Crippen molar-refractivity contribution in [1.29, 1.82) is 0 Å². The number of aliphatic hydroxyl groups is 1. The second kappa shape index (κ2) is 11.9. The number of amides is 2. The third-order valence-corrected chi connectivity index (χ3v) is 9.73. The Hall–Kier alpha value is -3.91. The van der Waals surface area contributed by atoms with Gasteiger partial charge in [0.1, 0.15) is 5.69 Å². The summed E-state index contributed by atoms with van der Waals surface area (Å²) in [6, 6.07) is 15.2. The van der Waals surface area contributed by atoms with Crippen LogP contribution in [0.1, 0.15) is 41.6 Å². The van der Waals surface area contributed by atoms with Gasteiger partial charge in [-0.2, -0.15) is 5.10 Å². The number of esters is 2. The monoisotopic (exact) mass is 672 g/mol. The number of aryl methyl sites for hydroxylation is 1. The van der Waals surface area contributed by atoms with Crippen molar-refractivity contribution in [2.24, 2.45) is 12.8 Å². The summed E-state index contributed by atoms with van der Waals surface area (Å²) in [5.41, 5.74) is 7.40. The maximum atomic E-state index is 13.4. The van der Waals surface area contributed by atoms with Gasteiger partial charge < -0.3 is 25.6 Å². The summed E-state index contributed by atoms with van der Waals surface area (Å²) in [4.78, 5) is 50.4. The molecule has 2 unspecified atom stereocenters. The number of carbonyl (C=O) groups is 4. The third-order valence-electron chi connectivity index (χ3n) is 6.96. The zero-order chi connectivity index (χ0) is 29.1. The highest BCUT2D eigenvalue weighted by atomic mass is 127. The summed E-state index contributed by atoms with van der Waals surface area (Å²) < 4.78 is 13.4. The maximum Gasteiger partial charge on any atom is 0.354 e. The molecule has 2 amide bonds. The van der Waals surface area contributed by atoms with Crippen LogP contribution in [0.15, 0.2) is 60.8 Å². The molecule has 2 heterocycles. The Kier molecular flexibility index (Phi) is 8.31. The molecule has 1 aliphatic heterocycles. The average molecular weight is 672 g/mol. The Morgan fingerprint density at radius 2 is 1.71 bits per heavy atom. The number of benzene rings is 2. The molecule has 2 aliphatic rings. The van der Waals surface area contributed by atoms with Crippen LogP contribution in [-0.4, -0.2) is 60.1 Å². The van der Waals surface area contributed by atoms with Gasteiger partial charge in [-0.25, -0.2) is 9.59 Å². The molecule has 4 N–H and O–H groups in total. The Balaban J connectivity index is 1.35. The molecule has 1 aliphatic carbocycles. The van der Waals surface area contributed by atoms with Crippen LogP contribution >= 0.6 is 20.7 Å². The number of carbonyl (C=O) groups excluding carboxylic acids is 4. The molecule has 2 aromatic carbocycles. The number of hydrogen-bond donors (Lipinski definition) is 3. The first kappa shape index (κ1) is 28.6. The van der Waals surface area contributed by atoms with Gasteiger partial charge in [0.15, 0.2) is 9.61 Å². The summed E-state index contributed by atoms with van der Waals surface area (Å²) in [6.45, 7) is 0. The third kappa shape index (κ3) is 6.38. The fourth-order valence-electron chi connectivity index (χ4n) is 4.93. The summed E-state index contributed by atoms with van der Waals surface area (Å²) in [7, 11) is 1.67. The first-order valence-corrected chi connectivity index (χ1v) is 15.2. The summed E-state index contributed by atoms with van der Waals surface area (Å²) in [6.07, 6.45) is 2.89. The molecule has 1 spiro atoms. The molecule has 214 valence electrons. The molecule has 12 heteroatoms. The van der Waals surface area contributed by atoms with Crippen LogP contribution in [0, 0.1) is 3.57 Å². The van der Waals surface area contributed by atoms with E-state index in [-0.39, 0.29) is 15.5 Å². The van der Waals surface area contributed by atoms with E-state index in [1.807, 2.05) is 30.3 Å². The van der Waals surface area contributed by atoms with E-state index in [9.17, 15) is 24.3 Å². The van der Waals surface area contributed by atoms with E-state index in [0.29, 0.717) is 24.1 Å². The van der Waals surface area contributed by atoms with Gasteiger partial charge in [0, 0.05) is 35.2 Å². The number of nitrogens with two attached hydrogens (primary N) is 1. The number of halogens is 1. The molecule has 0 bridgehead atoms. The van der Waals surface area contributed by atoms with Gasteiger partial charge in [0.05, 0.1) is 11.6 Å². The maximum absolute atomic E-state index is 13.4. The van der Waals surface area contributed by atoms with Gasteiger partial charge >= 0.3 is 11.9 Å². The van der Waals surface area contributed by atoms with E-state index < -0.39 is 62.4 Å². The molecule has 1 saturated heterocycles. The van der Waals surface area contributed by atoms with Crippen molar-refractivity contribution < 1.29 is 33.8 Å². The lowest BCUT2D eigenvalue weighted by molar-refractivity contribution is -0.224. The number of nitrogens with zero attached hydrogens (tertiary/aromatic N) is 2. The van der Waals surface area contributed by atoms with Crippen molar-refractivity contribution in [3.05, 3.63) is 75.5 Å². The molecule has 2 fully saturated rings. The highest BCUT2D eigenvalue weighted by Crippen LogP contribution is 2.38. The Morgan fingerprint density at radius 1 is 1.07 bits per heavy atom. The molecule has 5 rings (SSSR count). The smallest absolute Gasteiger partial charge is 0.354 e. The molecular weight excluding hydrogens is 643 g/mol. The Labute approximate surface area is 245 Å². The predicted molar refractivity (Wildman–Crippen MR) is 156 cm³/mol. The number of ether oxygens (including phenoxy) is 2. The van der Waals surface area contributed by atoms with E-state index in [2.05, 4.69) is 10.4 Å². The van der Waals surface area contributed by atoms with Gasteiger partial charge in [-0.15, -0.1) is 0 Å². The lowest BCUT2D eigenvalue weighted by atomic mass is 10.00. The highest BCUT2D eigenvalue weighted by molar-refractivity contribution is 14.2. The van der Waals surface area contributed by atoms with Crippen molar-refractivity contribution in [2.75, 3.05) is 0 Å². The van der Waals surface area contributed by atoms with E-state index in [1.165, 1.54) is 4.68 Å². The molecule has 41 heavy (non-hydrogen) atoms. The van der Waals surface area contributed by atoms with Gasteiger partial charge in [-0.3, -0.25) is 14.3 Å². The lowest BCUT2D eigenvalue weighted by Gasteiger charge is -2.32. The van der Waals surface area contributed by atoms with Crippen molar-refractivity contribution in [1.82, 2.24) is 15.1 Å². The van der Waals surface area contributed by atoms with Crippen molar-refractivity contribution in [2.45, 2.75) is 50.0 Å². The zero-order valence-electron chi connectivity index (χ0n) is 22.2. The molecule has 11 nitrogen and oxygen atoms in total. The number of aromatic nitrogens is 2. The molecule has 1 saturated carbocycles. The number of rotatable bonds is 8. The number of primary amides is 1. The minimum Gasteiger partial charge on any atom is -0.418 e. The summed E-state index contributed by atoms with van der Waals surface area (Å²) >= 11 is -1.17. The quantitative estimate of drug-likeness (QED) is 0.242. The van der Waals surface area contributed by atoms with Crippen LogP contribution in [0.5, 0.6) is 0 Å². The van der Waals surface area contributed by atoms with Gasteiger partial charge in [0.2, 0.25) is 5.91 Å². The second-order valence-electron chi connectivity index (χ2n) is 9.99. The van der Waals surface area contributed by atoms with Crippen molar-refractivity contribution >= 4 is 48.0 Å². The van der Waals surface area contributed by atoms with E-state index in [4.69, 9.17) is 15.2 Å². The SMILES string of the molecule is Cn1cc(C(=O)NC(Cc2ccccc2)C(O)C(N)=O)c(-c2ccc(I=C3C(=O)OC4(CCCC4)OC3=O)cc2)n1. The summed E-state index contributed by atoms with van der Waals surface area (Å²) in [5, 5.41) is 17.6. The van der Waals surface area contributed by atoms with Crippen molar-refractivity contribution in [3.63, 3.8) is 0 Å². The van der Waals surface area contributed by atoms with Crippen LogP contribution in [0.4, 0.5) is 0 Å². The first-order valence-electron chi connectivity index (χ1n) is 13.1. The van der Waals surface area contributed by atoms with E-state index in [1.54, 1.807) is 37.5 Å². The minimum atomic E-state index is -1.60. The molecular formula is C29H29IN4O7. The fraction of sp³-hybridized carbons (Fsp3) is 0.310. The molecule has 2 atom stereocenters. The van der Waals surface area contributed by atoms with Crippen LogP contribution in [0.25, 0.3) is 11.3 Å². The predicted octanol–water partition coefficient (Wildman–Crippen LogP) is 1.96. The number of hydrogen-bond acceptors (Lipinski definition) is 8.